The molecule has 0 aliphatic carbocycles. The van der Waals surface area contributed by atoms with Crippen LogP contribution >= 0.6 is 0 Å². The van der Waals surface area contributed by atoms with Gasteiger partial charge in [0.1, 0.15) is 22.9 Å². The lowest BCUT2D eigenvalue weighted by molar-refractivity contribution is -0.116. The van der Waals surface area contributed by atoms with Crippen LogP contribution in [0.15, 0.2) is 48.7 Å². The van der Waals surface area contributed by atoms with Gasteiger partial charge in [-0.05, 0) is 42.8 Å². The number of pyridine rings is 1. The van der Waals surface area contributed by atoms with Crippen LogP contribution in [-0.4, -0.2) is 22.4 Å². The van der Waals surface area contributed by atoms with Crippen LogP contribution in [0.25, 0.3) is 16.9 Å². The molecule has 3 aromatic rings. The second-order valence-electron chi connectivity index (χ2n) is 6.68. The second kappa shape index (κ2) is 9.21. The summed E-state index contributed by atoms with van der Waals surface area (Å²) in [7, 11) is 1.64. The van der Waals surface area contributed by atoms with Crippen molar-refractivity contribution in [3.63, 3.8) is 0 Å². The summed E-state index contributed by atoms with van der Waals surface area (Å²) < 4.78 is 7.16. The highest BCUT2D eigenvalue weighted by Crippen LogP contribution is 2.30. The lowest BCUT2D eigenvalue weighted by Gasteiger charge is -2.08. The Bertz CT molecular complexity index is 884. The Hall–Kier alpha value is -2.82. The van der Waals surface area contributed by atoms with E-state index in [0.29, 0.717) is 12.2 Å². The molecular weight excluding hydrogens is 338 g/mol. The molecule has 1 N–H and O–H groups in total. The van der Waals surface area contributed by atoms with E-state index in [1.807, 2.05) is 53.1 Å². The van der Waals surface area contributed by atoms with Gasteiger partial charge < -0.3 is 10.1 Å². The quantitative estimate of drug-likeness (QED) is 0.523. The SMILES string of the molecule is CCCCCCCC(=O)Nc1c(-c2ccc(OC)cc2)nc2ccccn12. The molecule has 0 radical (unpaired) electrons. The first-order valence-corrected chi connectivity index (χ1v) is 9.64. The van der Waals surface area contributed by atoms with Crippen molar-refractivity contribution >= 4 is 17.4 Å². The van der Waals surface area contributed by atoms with Gasteiger partial charge in [0.15, 0.2) is 0 Å². The predicted molar refractivity (Wildman–Crippen MR) is 109 cm³/mol. The zero-order chi connectivity index (χ0) is 19.1. The fourth-order valence-electron chi connectivity index (χ4n) is 3.15. The highest BCUT2D eigenvalue weighted by Gasteiger charge is 2.16. The van der Waals surface area contributed by atoms with Crippen LogP contribution in [0.4, 0.5) is 5.82 Å². The summed E-state index contributed by atoms with van der Waals surface area (Å²) in [5.41, 5.74) is 2.52. The molecule has 1 aromatic carbocycles. The molecule has 2 heterocycles. The number of benzene rings is 1. The molecule has 3 rings (SSSR count). The van der Waals surface area contributed by atoms with Crippen molar-refractivity contribution in [2.75, 3.05) is 12.4 Å². The van der Waals surface area contributed by atoms with E-state index in [1.54, 1.807) is 7.11 Å². The minimum atomic E-state index is 0.0342. The van der Waals surface area contributed by atoms with E-state index in [9.17, 15) is 4.79 Å². The van der Waals surface area contributed by atoms with E-state index < -0.39 is 0 Å². The van der Waals surface area contributed by atoms with Gasteiger partial charge in [0.05, 0.1) is 7.11 Å². The second-order valence-corrected chi connectivity index (χ2v) is 6.68. The Labute approximate surface area is 160 Å². The smallest absolute Gasteiger partial charge is 0.225 e. The van der Waals surface area contributed by atoms with E-state index in [1.165, 1.54) is 19.3 Å². The third-order valence-electron chi connectivity index (χ3n) is 4.66. The van der Waals surface area contributed by atoms with Gasteiger partial charge in [-0.2, -0.15) is 0 Å². The molecular formula is C22H27N3O2. The first kappa shape index (κ1) is 19.0. The summed E-state index contributed by atoms with van der Waals surface area (Å²) in [5.74, 6) is 1.54. The lowest BCUT2D eigenvalue weighted by Crippen LogP contribution is -2.13. The van der Waals surface area contributed by atoms with Crippen LogP contribution < -0.4 is 10.1 Å². The molecule has 0 bridgehead atoms. The number of fused-ring (bicyclic) bond motifs is 1. The molecule has 0 atom stereocenters. The zero-order valence-electron chi connectivity index (χ0n) is 16.1. The molecule has 0 saturated carbocycles. The van der Waals surface area contributed by atoms with E-state index >= 15 is 0 Å². The number of rotatable bonds is 9. The monoisotopic (exact) mass is 365 g/mol. The van der Waals surface area contributed by atoms with E-state index in [2.05, 4.69) is 12.2 Å². The number of nitrogens with zero attached hydrogens (tertiary/aromatic N) is 2. The fraction of sp³-hybridized carbons (Fsp3) is 0.364. The van der Waals surface area contributed by atoms with Crippen LogP contribution in [-0.2, 0) is 4.79 Å². The van der Waals surface area contributed by atoms with Crippen molar-refractivity contribution in [2.45, 2.75) is 45.4 Å². The van der Waals surface area contributed by atoms with Crippen LogP contribution in [0.2, 0.25) is 0 Å². The van der Waals surface area contributed by atoms with Gasteiger partial charge in [0.25, 0.3) is 0 Å². The third kappa shape index (κ3) is 4.67. The van der Waals surface area contributed by atoms with Crippen molar-refractivity contribution in [1.29, 1.82) is 0 Å². The van der Waals surface area contributed by atoms with Gasteiger partial charge in [-0.15, -0.1) is 0 Å². The molecule has 1 amide bonds. The number of carbonyl (C=O) groups excluding carboxylic acids is 1. The first-order chi connectivity index (χ1) is 13.2. The Morgan fingerprint density at radius 2 is 1.85 bits per heavy atom. The third-order valence-corrected chi connectivity index (χ3v) is 4.66. The average Bonchev–Trinajstić information content (AvgIpc) is 3.06. The first-order valence-electron chi connectivity index (χ1n) is 9.64. The van der Waals surface area contributed by atoms with Crippen LogP contribution in [0.3, 0.4) is 0 Å². The number of amides is 1. The van der Waals surface area contributed by atoms with Gasteiger partial charge in [-0.3, -0.25) is 9.20 Å². The average molecular weight is 365 g/mol. The Balaban J connectivity index is 1.81. The molecule has 0 aliphatic rings. The van der Waals surface area contributed by atoms with Gasteiger partial charge in [-0.1, -0.05) is 38.7 Å². The maximum absolute atomic E-state index is 12.5. The number of methoxy groups -OCH3 is 1. The number of unbranched alkanes of at least 4 members (excludes halogenated alkanes) is 4. The Kier molecular flexibility index (Phi) is 6.47. The highest BCUT2D eigenvalue weighted by molar-refractivity contribution is 5.94. The molecule has 5 nitrogen and oxygen atoms in total. The van der Waals surface area contributed by atoms with Crippen molar-refractivity contribution < 1.29 is 9.53 Å². The highest BCUT2D eigenvalue weighted by atomic mass is 16.5. The van der Waals surface area contributed by atoms with Crippen LogP contribution in [0, 0.1) is 0 Å². The number of hydrogen-bond donors (Lipinski definition) is 1. The minimum absolute atomic E-state index is 0.0342. The molecule has 0 unspecified atom stereocenters. The van der Waals surface area contributed by atoms with Gasteiger partial charge in [-0.25, -0.2) is 4.98 Å². The largest absolute Gasteiger partial charge is 0.497 e. The molecule has 0 aliphatic heterocycles. The van der Waals surface area contributed by atoms with Crippen molar-refractivity contribution in [2.24, 2.45) is 0 Å². The van der Waals surface area contributed by atoms with E-state index in [0.717, 1.165) is 35.5 Å². The molecule has 0 saturated heterocycles. The molecule has 5 heteroatoms. The maximum Gasteiger partial charge on any atom is 0.225 e. The number of aromatic nitrogens is 2. The summed E-state index contributed by atoms with van der Waals surface area (Å²) >= 11 is 0. The van der Waals surface area contributed by atoms with Crippen LogP contribution in [0.1, 0.15) is 45.4 Å². The van der Waals surface area contributed by atoms with E-state index in [4.69, 9.17) is 9.72 Å². The zero-order valence-corrected chi connectivity index (χ0v) is 16.1. The summed E-state index contributed by atoms with van der Waals surface area (Å²) in [4.78, 5) is 17.2. The summed E-state index contributed by atoms with van der Waals surface area (Å²) in [6.45, 7) is 2.19. The normalized spacial score (nSPS) is 10.9. The summed E-state index contributed by atoms with van der Waals surface area (Å²) in [6, 6.07) is 13.5. The predicted octanol–water partition coefficient (Wildman–Crippen LogP) is 5.31. The van der Waals surface area contributed by atoms with Crippen molar-refractivity contribution in [1.82, 2.24) is 9.38 Å². The molecule has 0 spiro atoms. The van der Waals surface area contributed by atoms with E-state index in [-0.39, 0.29) is 5.91 Å². The lowest BCUT2D eigenvalue weighted by atomic mass is 10.1. The maximum atomic E-state index is 12.5. The summed E-state index contributed by atoms with van der Waals surface area (Å²) in [6.07, 6.45) is 8.10. The summed E-state index contributed by atoms with van der Waals surface area (Å²) in [5, 5.41) is 3.08. The van der Waals surface area contributed by atoms with Gasteiger partial charge >= 0.3 is 0 Å². The van der Waals surface area contributed by atoms with Crippen LogP contribution in [0.5, 0.6) is 5.75 Å². The minimum Gasteiger partial charge on any atom is -0.497 e. The van der Waals surface area contributed by atoms with Gasteiger partial charge in [0.2, 0.25) is 5.91 Å². The van der Waals surface area contributed by atoms with Crippen molar-refractivity contribution in [3.05, 3.63) is 48.7 Å². The Morgan fingerprint density at radius 1 is 1.07 bits per heavy atom. The topological polar surface area (TPSA) is 55.6 Å². The number of ether oxygens (including phenoxy) is 1. The molecule has 2 aromatic heterocycles. The standard InChI is InChI=1S/C22H27N3O2/c1-3-4-5-6-7-11-20(26)24-22-21(17-12-14-18(27-2)15-13-17)23-19-10-8-9-16-25(19)22/h8-10,12-16H,3-7,11H2,1-2H3,(H,24,26). The number of imidazole rings is 1. The number of nitrogens with one attached hydrogen (secondary N) is 1. The van der Waals surface area contributed by atoms with Crippen molar-refractivity contribution in [3.8, 4) is 17.0 Å². The number of carbonyl (C=O) groups is 1. The molecule has 27 heavy (non-hydrogen) atoms. The molecule has 142 valence electrons. The fourth-order valence-corrected chi connectivity index (χ4v) is 3.15. The molecule has 0 fully saturated rings. The Morgan fingerprint density at radius 3 is 2.59 bits per heavy atom. The van der Waals surface area contributed by atoms with Gasteiger partial charge in [0, 0.05) is 18.2 Å². The number of anilines is 1. The number of hydrogen-bond acceptors (Lipinski definition) is 3.